The van der Waals surface area contributed by atoms with Gasteiger partial charge in [-0.05, 0) is 45.8 Å². The molecule has 0 amide bonds. The molecule has 0 aliphatic heterocycles. The molecule has 10 heteroatoms. The molecule has 0 aliphatic carbocycles. The molecule has 25 heavy (non-hydrogen) atoms. The maximum atomic E-state index is 10.7. The predicted molar refractivity (Wildman–Crippen MR) is 103 cm³/mol. The molecule has 0 fully saturated rings. The molecular weight excluding hydrogens is 458 g/mol. The van der Waals surface area contributed by atoms with Gasteiger partial charge in [0.25, 0.3) is 5.69 Å². The standard InChI is InChI=1S/C15H13Br2N5O3/c16-11-5-10(7-20-21-15(18)19)14(13(17)6-11)25-8-9-1-3-12(4-2-9)22(23)24/h1-7H,8H2,(H4,18,19,21)/b20-7-. The zero-order valence-corrected chi connectivity index (χ0v) is 15.9. The van der Waals surface area contributed by atoms with Gasteiger partial charge in [-0.2, -0.15) is 5.10 Å². The molecule has 0 unspecified atom stereocenters. The van der Waals surface area contributed by atoms with E-state index in [1.807, 2.05) is 6.07 Å². The number of guanidine groups is 1. The molecule has 0 aromatic heterocycles. The predicted octanol–water partition coefficient (Wildman–Crippen LogP) is 3.31. The number of nitro groups is 1. The number of nitrogens with two attached hydrogens (primary N) is 2. The molecule has 0 bridgehead atoms. The molecule has 0 saturated carbocycles. The number of nitrogens with zero attached hydrogens (tertiary/aromatic N) is 3. The zero-order chi connectivity index (χ0) is 18.4. The highest BCUT2D eigenvalue weighted by molar-refractivity contribution is 9.11. The number of hydrogen-bond acceptors (Lipinski definition) is 5. The first-order valence-electron chi connectivity index (χ1n) is 6.84. The van der Waals surface area contributed by atoms with E-state index >= 15 is 0 Å². The molecule has 2 rings (SSSR count). The van der Waals surface area contributed by atoms with Crippen molar-refractivity contribution in [1.29, 1.82) is 0 Å². The van der Waals surface area contributed by atoms with Crippen LogP contribution in [0.15, 0.2) is 55.5 Å². The van der Waals surface area contributed by atoms with Crippen LogP contribution in [0, 0.1) is 10.1 Å². The second-order valence-corrected chi connectivity index (χ2v) is 6.56. The molecule has 2 aromatic carbocycles. The van der Waals surface area contributed by atoms with Gasteiger partial charge < -0.3 is 16.2 Å². The van der Waals surface area contributed by atoms with Gasteiger partial charge in [-0.1, -0.05) is 15.9 Å². The molecule has 4 N–H and O–H groups in total. The summed E-state index contributed by atoms with van der Waals surface area (Å²) < 4.78 is 7.34. The van der Waals surface area contributed by atoms with E-state index in [0.29, 0.717) is 15.8 Å². The molecule has 130 valence electrons. The van der Waals surface area contributed by atoms with Gasteiger partial charge in [0.1, 0.15) is 12.4 Å². The third kappa shape index (κ3) is 5.54. The van der Waals surface area contributed by atoms with Crippen LogP contribution in [0.25, 0.3) is 0 Å². The van der Waals surface area contributed by atoms with E-state index in [1.165, 1.54) is 18.3 Å². The Balaban J connectivity index is 2.21. The van der Waals surface area contributed by atoms with Crippen LogP contribution >= 0.6 is 31.9 Å². The van der Waals surface area contributed by atoms with Crippen LogP contribution in [0.5, 0.6) is 5.75 Å². The van der Waals surface area contributed by atoms with Gasteiger partial charge >= 0.3 is 0 Å². The topological polar surface area (TPSA) is 129 Å². The second kappa shape index (κ2) is 8.58. The highest BCUT2D eigenvalue weighted by Gasteiger charge is 2.10. The first kappa shape index (κ1) is 18.9. The van der Waals surface area contributed by atoms with Crippen LogP contribution in [-0.2, 0) is 6.61 Å². The van der Waals surface area contributed by atoms with Gasteiger partial charge in [0.15, 0.2) is 0 Å². The zero-order valence-electron chi connectivity index (χ0n) is 12.7. The molecule has 0 radical (unpaired) electrons. The summed E-state index contributed by atoms with van der Waals surface area (Å²) in [5.41, 5.74) is 11.9. The van der Waals surface area contributed by atoms with Crippen LogP contribution < -0.4 is 16.2 Å². The Hall–Kier alpha value is -2.46. The smallest absolute Gasteiger partial charge is 0.269 e. The van der Waals surface area contributed by atoms with Crippen molar-refractivity contribution in [2.24, 2.45) is 21.7 Å². The Morgan fingerprint density at radius 1 is 1.24 bits per heavy atom. The molecule has 0 aliphatic rings. The fourth-order valence-corrected chi connectivity index (χ4v) is 3.23. The van der Waals surface area contributed by atoms with E-state index in [4.69, 9.17) is 16.2 Å². The number of hydrogen-bond donors (Lipinski definition) is 2. The summed E-state index contributed by atoms with van der Waals surface area (Å²) in [5.74, 6) is 0.384. The number of rotatable bonds is 6. The largest absolute Gasteiger partial charge is 0.487 e. The minimum atomic E-state index is -0.450. The number of halogens is 2. The third-order valence-electron chi connectivity index (χ3n) is 2.94. The Kier molecular flexibility index (Phi) is 6.48. The van der Waals surface area contributed by atoms with E-state index < -0.39 is 4.92 Å². The average Bonchev–Trinajstić information content (AvgIpc) is 2.54. The lowest BCUT2D eigenvalue weighted by molar-refractivity contribution is -0.384. The van der Waals surface area contributed by atoms with Crippen molar-refractivity contribution in [2.75, 3.05) is 0 Å². The van der Waals surface area contributed by atoms with Gasteiger partial charge in [-0.15, -0.1) is 5.10 Å². The highest BCUT2D eigenvalue weighted by atomic mass is 79.9. The summed E-state index contributed by atoms with van der Waals surface area (Å²) in [6.45, 7) is 0.224. The fourth-order valence-electron chi connectivity index (χ4n) is 1.86. The fraction of sp³-hybridized carbons (Fsp3) is 0.0667. The SMILES string of the molecule is NC(N)=N/N=C\c1cc(Br)cc(Br)c1OCc1ccc([N+](=O)[O-])cc1. The minimum absolute atomic E-state index is 0.0265. The number of non-ortho nitro benzene ring substituents is 1. The maximum absolute atomic E-state index is 10.7. The highest BCUT2D eigenvalue weighted by Crippen LogP contribution is 2.32. The Bertz CT molecular complexity index is 834. The van der Waals surface area contributed by atoms with E-state index in [2.05, 4.69) is 42.1 Å². The van der Waals surface area contributed by atoms with Gasteiger partial charge in [-0.25, -0.2) is 0 Å². The van der Waals surface area contributed by atoms with E-state index in [1.54, 1.807) is 18.2 Å². The molecule has 0 atom stereocenters. The minimum Gasteiger partial charge on any atom is -0.487 e. The second-order valence-electron chi connectivity index (χ2n) is 4.79. The summed E-state index contributed by atoms with van der Waals surface area (Å²) in [6, 6.07) is 9.74. The van der Waals surface area contributed by atoms with E-state index in [0.717, 1.165) is 10.0 Å². The van der Waals surface area contributed by atoms with Crippen molar-refractivity contribution in [3.05, 3.63) is 66.6 Å². The van der Waals surface area contributed by atoms with Crippen LogP contribution in [0.1, 0.15) is 11.1 Å². The summed E-state index contributed by atoms with van der Waals surface area (Å²) in [5, 5.41) is 18.0. The summed E-state index contributed by atoms with van der Waals surface area (Å²) >= 11 is 6.82. The lowest BCUT2D eigenvalue weighted by atomic mass is 10.2. The Labute approximate surface area is 160 Å². The first-order chi connectivity index (χ1) is 11.9. The van der Waals surface area contributed by atoms with Crippen LogP contribution in [0.3, 0.4) is 0 Å². The van der Waals surface area contributed by atoms with Gasteiger partial charge in [0.05, 0.1) is 15.6 Å². The van der Waals surface area contributed by atoms with Crippen molar-refractivity contribution in [1.82, 2.24) is 0 Å². The normalized spacial score (nSPS) is 10.6. The van der Waals surface area contributed by atoms with Gasteiger partial charge in [0.2, 0.25) is 5.96 Å². The molecule has 0 spiro atoms. The Morgan fingerprint density at radius 3 is 2.52 bits per heavy atom. The van der Waals surface area contributed by atoms with E-state index in [9.17, 15) is 10.1 Å². The van der Waals surface area contributed by atoms with Crippen LogP contribution in [0.4, 0.5) is 5.69 Å². The quantitative estimate of drug-likeness (QED) is 0.289. The summed E-state index contributed by atoms with van der Waals surface area (Å²) in [7, 11) is 0. The van der Waals surface area contributed by atoms with Crippen LogP contribution in [0.2, 0.25) is 0 Å². The van der Waals surface area contributed by atoms with Crippen molar-refractivity contribution in [2.45, 2.75) is 6.61 Å². The molecule has 0 heterocycles. The van der Waals surface area contributed by atoms with E-state index in [-0.39, 0.29) is 18.3 Å². The number of benzene rings is 2. The lowest BCUT2D eigenvalue weighted by Gasteiger charge is -2.12. The van der Waals surface area contributed by atoms with Crippen molar-refractivity contribution >= 4 is 49.7 Å². The van der Waals surface area contributed by atoms with Crippen LogP contribution in [-0.4, -0.2) is 17.1 Å². The summed E-state index contributed by atoms with van der Waals surface area (Å²) in [4.78, 5) is 10.2. The molecule has 8 nitrogen and oxygen atoms in total. The van der Waals surface area contributed by atoms with Crippen molar-refractivity contribution in [3.63, 3.8) is 0 Å². The molecule has 0 saturated heterocycles. The van der Waals surface area contributed by atoms with Gasteiger partial charge in [0, 0.05) is 22.2 Å². The first-order valence-corrected chi connectivity index (χ1v) is 8.42. The Morgan fingerprint density at radius 2 is 1.92 bits per heavy atom. The lowest BCUT2D eigenvalue weighted by Crippen LogP contribution is -2.21. The molecule has 2 aromatic rings. The van der Waals surface area contributed by atoms with Gasteiger partial charge in [-0.3, -0.25) is 10.1 Å². The van der Waals surface area contributed by atoms with Crippen molar-refractivity contribution < 1.29 is 9.66 Å². The molecular formula is C15H13Br2N5O3. The monoisotopic (exact) mass is 469 g/mol. The third-order valence-corrected chi connectivity index (χ3v) is 3.98. The number of ether oxygens (including phenoxy) is 1. The van der Waals surface area contributed by atoms with Crippen molar-refractivity contribution in [3.8, 4) is 5.75 Å². The summed E-state index contributed by atoms with van der Waals surface area (Å²) in [6.07, 6.45) is 1.46. The number of nitro benzene ring substituents is 1. The average molecular weight is 471 g/mol. The maximum Gasteiger partial charge on any atom is 0.269 e.